The molecule has 1 N–H and O–H groups in total. The number of ether oxygens (including phenoxy) is 1. The molecule has 2 fully saturated rings. The van der Waals surface area contributed by atoms with Gasteiger partial charge in [0, 0.05) is 43.6 Å². The highest BCUT2D eigenvalue weighted by Crippen LogP contribution is 2.39. The maximum absolute atomic E-state index is 12.2. The quantitative estimate of drug-likeness (QED) is 0.875. The van der Waals surface area contributed by atoms with Gasteiger partial charge < -0.3 is 14.7 Å². The molecular weight excluding hydrogens is 338 g/mol. The normalized spacial score (nSPS) is 27.8. The molecule has 0 aromatic carbocycles. The van der Waals surface area contributed by atoms with Crippen molar-refractivity contribution in [2.24, 2.45) is 5.41 Å². The van der Waals surface area contributed by atoms with Gasteiger partial charge in [-0.15, -0.1) is 11.3 Å². The van der Waals surface area contributed by atoms with Crippen molar-refractivity contribution < 1.29 is 14.6 Å². The number of hydrogen-bond donors (Lipinski definition) is 1. The van der Waals surface area contributed by atoms with Gasteiger partial charge in [-0.1, -0.05) is 0 Å². The molecule has 3 heterocycles. The van der Waals surface area contributed by atoms with Crippen molar-refractivity contribution in [1.82, 2.24) is 14.8 Å². The van der Waals surface area contributed by atoms with Crippen LogP contribution < -0.4 is 0 Å². The van der Waals surface area contributed by atoms with E-state index in [1.165, 1.54) is 4.88 Å². The zero-order chi connectivity index (χ0) is 18.0. The number of likely N-dealkylation sites (tertiary alicyclic amines) is 2. The molecule has 140 valence electrons. The summed E-state index contributed by atoms with van der Waals surface area (Å²) < 4.78 is 5.00. The number of carbonyl (C=O) groups is 1. The lowest BCUT2D eigenvalue weighted by Gasteiger charge is -2.51. The number of hydrogen-bond acceptors (Lipinski definition) is 6. The number of aromatic nitrogens is 1. The van der Waals surface area contributed by atoms with Gasteiger partial charge in [0.15, 0.2) is 0 Å². The van der Waals surface area contributed by atoms with Gasteiger partial charge in [0.1, 0.15) is 11.6 Å². The molecule has 7 heteroatoms. The molecule has 1 spiro atoms. The number of rotatable bonds is 4. The summed E-state index contributed by atoms with van der Waals surface area (Å²) in [4.78, 5) is 22.4. The first kappa shape index (κ1) is 18.8. The van der Waals surface area contributed by atoms with Gasteiger partial charge in [0.2, 0.25) is 5.91 Å². The fourth-order valence-electron chi connectivity index (χ4n) is 4.16. The van der Waals surface area contributed by atoms with Gasteiger partial charge in [-0.2, -0.15) is 0 Å². The molecule has 2 aliphatic rings. The number of carbonyl (C=O) groups excluding carboxylic acids is 1. The number of thiazole rings is 1. The lowest BCUT2D eigenvalue weighted by atomic mass is 9.71. The van der Waals surface area contributed by atoms with Crippen molar-refractivity contribution in [3.8, 4) is 0 Å². The number of methoxy groups -OCH3 is 1. The Morgan fingerprint density at radius 3 is 2.88 bits per heavy atom. The molecule has 0 aliphatic carbocycles. The second-order valence-electron chi connectivity index (χ2n) is 7.48. The first-order valence-corrected chi connectivity index (χ1v) is 9.85. The van der Waals surface area contributed by atoms with E-state index in [4.69, 9.17) is 4.74 Å². The zero-order valence-corrected chi connectivity index (χ0v) is 16.3. The van der Waals surface area contributed by atoms with E-state index >= 15 is 0 Å². The average molecular weight is 368 g/mol. The van der Waals surface area contributed by atoms with Crippen molar-refractivity contribution in [2.75, 3.05) is 39.9 Å². The Hall–Kier alpha value is -1.02. The number of piperidine rings is 2. The standard InChI is InChI=1S/C18H29N3O3S/c1-13-14(2)25-16(19-13)9-20-8-5-15(22)18(11-20)6-4-7-21(12-18)17(23)10-24-3/h15,22H,4-12H2,1-3H3/t15-,18-/m1/s1. The van der Waals surface area contributed by atoms with Crippen molar-refractivity contribution in [3.63, 3.8) is 0 Å². The summed E-state index contributed by atoms with van der Waals surface area (Å²) in [5.74, 6) is 0.0251. The van der Waals surface area contributed by atoms with E-state index in [-0.39, 0.29) is 24.0 Å². The zero-order valence-electron chi connectivity index (χ0n) is 15.5. The van der Waals surface area contributed by atoms with Gasteiger partial charge in [-0.3, -0.25) is 9.69 Å². The maximum Gasteiger partial charge on any atom is 0.248 e. The number of aliphatic hydroxyl groups excluding tert-OH is 1. The summed E-state index contributed by atoms with van der Waals surface area (Å²) in [6, 6.07) is 0. The van der Waals surface area contributed by atoms with Gasteiger partial charge >= 0.3 is 0 Å². The summed E-state index contributed by atoms with van der Waals surface area (Å²) in [6.07, 6.45) is 2.32. The summed E-state index contributed by atoms with van der Waals surface area (Å²) >= 11 is 1.76. The third kappa shape index (κ3) is 4.05. The predicted molar refractivity (Wildman–Crippen MR) is 97.6 cm³/mol. The topological polar surface area (TPSA) is 65.9 Å². The van der Waals surface area contributed by atoms with Gasteiger partial charge in [0.05, 0.1) is 18.3 Å². The van der Waals surface area contributed by atoms with Gasteiger partial charge in [0.25, 0.3) is 0 Å². The Bertz CT molecular complexity index is 601. The fraction of sp³-hybridized carbons (Fsp3) is 0.778. The van der Waals surface area contributed by atoms with Crippen LogP contribution in [0.5, 0.6) is 0 Å². The monoisotopic (exact) mass is 367 g/mol. The highest BCUT2D eigenvalue weighted by Gasteiger charge is 2.46. The van der Waals surface area contributed by atoms with Crippen LogP contribution in [0.3, 0.4) is 0 Å². The van der Waals surface area contributed by atoms with E-state index in [0.29, 0.717) is 6.54 Å². The van der Waals surface area contributed by atoms with Crippen LogP contribution in [-0.4, -0.2) is 71.8 Å². The van der Waals surface area contributed by atoms with Gasteiger partial charge in [-0.05, 0) is 33.1 Å². The second kappa shape index (κ2) is 7.70. The van der Waals surface area contributed by atoms with Crippen LogP contribution in [0.2, 0.25) is 0 Å². The molecule has 0 bridgehead atoms. The maximum atomic E-state index is 12.2. The second-order valence-corrected chi connectivity index (χ2v) is 8.77. The minimum Gasteiger partial charge on any atom is -0.392 e. The molecule has 0 unspecified atom stereocenters. The third-order valence-electron chi connectivity index (χ3n) is 5.62. The molecule has 1 amide bonds. The Morgan fingerprint density at radius 1 is 1.40 bits per heavy atom. The third-order valence-corrected chi connectivity index (χ3v) is 6.68. The first-order valence-electron chi connectivity index (χ1n) is 9.03. The lowest BCUT2D eigenvalue weighted by molar-refractivity contribution is -0.145. The van der Waals surface area contributed by atoms with Crippen molar-refractivity contribution in [1.29, 1.82) is 0 Å². The molecule has 3 rings (SSSR count). The Kier molecular flexibility index (Phi) is 5.78. The molecule has 25 heavy (non-hydrogen) atoms. The van der Waals surface area contributed by atoms with E-state index in [2.05, 4.69) is 23.7 Å². The molecule has 0 radical (unpaired) electrons. The van der Waals surface area contributed by atoms with Crippen molar-refractivity contribution in [3.05, 3.63) is 15.6 Å². The summed E-state index contributed by atoms with van der Waals surface area (Å²) in [5.41, 5.74) is 0.891. The molecule has 2 saturated heterocycles. The lowest BCUT2D eigenvalue weighted by Crippen LogP contribution is -2.59. The van der Waals surface area contributed by atoms with E-state index < -0.39 is 0 Å². The number of amides is 1. The van der Waals surface area contributed by atoms with Crippen LogP contribution >= 0.6 is 11.3 Å². The first-order chi connectivity index (χ1) is 11.9. The number of aryl methyl sites for hydroxylation is 2. The predicted octanol–water partition coefficient (Wildman–Crippen LogP) is 1.58. The average Bonchev–Trinajstić information content (AvgIpc) is 2.89. The molecule has 0 saturated carbocycles. The van der Waals surface area contributed by atoms with Crippen LogP contribution in [0.25, 0.3) is 0 Å². The Morgan fingerprint density at radius 2 is 2.20 bits per heavy atom. The van der Waals surface area contributed by atoms with Crippen LogP contribution in [0, 0.1) is 19.3 Å². The van der Waals surface area contributed by atoms with Gasteiger partial charge in [-0.25, -0.2) is 4.98 Å². The van der Waals surface area contributed by atoms with Crippen molar-refractivity contribution in [2.45, 2.75) is 45.8 Å². The highest BCUT2D eigenvalue weighted by molar-refractivity contribution is 7.11. The van der Waals surface area contributed by atoms with E-state index in [1.54, 1.807) is 18.4 Å². The SMILES string of the molecule is COCC(=O)N1CCC[C@@]2(CN(Cc3nc(C)c(C)s3)CC[C@H]2O)C1. The Balaban J connectivity index is 1.69. The molecule has 6 nitrogen and oxygen atoms in total. The number of aliphatic hydroxyl groups is 1. The molecule has 1 aromatic heterocycles. The number of nitrogens with zero attached hydrogens (tertiary/aromatic N) is 3. The summed E-state index contributed by atoms with van der Waals surface area (Å²) in [6.45, 7) is 8.21. The summed E-state index contributed by atoms with van der Waals surface area (Å²) in [5, 5.41) is 11.9. The molecule has 1 aromatic rings. The van der Waals surface area contributed by atoms with Crippen LogP contribution in [0.1, 0.15) is 34.8 Å². The summed E-state index contributed by atoms with van der Waals surface area (Å²) in [7, 11) is 1.55. The molecular formula is C18H29N3O3S. The Labute approximate surface area is 153 Å². The largest absolute Gasteiger partial charge is 0.392 e. The van der Waals surface area contributed by atoms with E-state index in [0.717, 1.165) is 56.1 Å². The smallest absolute Gasteiger partial charge is 0.248 e. The van der Waals surface area contributed by atoms with Crippen molar-refractivity contribution >= 4 is 17.2 Å². The minimum absolute atomic E-state index is 0.0251. The van der Waals surface area contributed by atoms with Crippen LogP contribution in [-0.2, 0) is 16.1 Å². The van der Waals surface area contributed by atoms with Crippen LogP contribution in [0.15, 0.2) is 0 Å². The van der Waals surface area contributed by atoms with E-state index in [9.17, 15) is 9.90 Å². The highest BCUT2D eigenvalue weighted by atomic mass is 32.1. The molecule has 2 atom stereocenters. The molecule has 2 aliphatic heterocycles. The fourth-order valence-corrected chi connectivity index (χ4v) is 5.14. The minimum atomic E-state index is -0.346. The van der Waals surface area contributed by atoms with E-state index in [1.807, 2.05) is 4.90 Å². The van der Waals surface area contributed by atoms with Crippen LogP contribution in [0.4, 0.5) is 0 Å².